The summed E-state index contributed by atoms with van der Waals surface area (Å²) in [6.45, 7) is 6.18. The van der Waals surface area contributed by atoms with Crippen molar-refractivity contribution in [1.82, 2.24) is 25.4 Å². The molecule has 1 aromatic heterocycles. The van der Waals surface area contributed by atoms with Crippen LogP contribution in [0.4, 0.5) is 0 Å². The maximum absolute atomic E-state index is 12.2. The van der Waals surface area contributed by atoms with Crippen molar-refractivity contribution in [3.63, 3.8) is 0 Å². The van der Waals surface area contributed by atoms with E-state index in [9.17, 15) is 4.79 Å². The van der Waals surface area contributed by atoms with Crippen molar-refractivity contribution in [2.24, 2.45) is 0 Å². The molecule has 1 aromatic carbocycles. The standard InChI is InChI=1S/C19H27N5O/c1-14-7-3-4-8-16(14)10-11-20-19(25)15(2)21-13-18-23-22-17-9-5-6-12-24(17)18/h3-4,7-8,15,21H,5-6,9-13H2,1-2H3,(H,20,25). The fraction of sp³-hybridized carbons (Fsp3) is 0.526. The molecule has 0 saturated heterocycles. The number of nitrogens with zero attached hydrogens (tertiary/aromatic N) is 3. The lowest BCUT2D eigenvalue weighted by molar-refractivity contribution is -0.122. The summed E-state index contributed by atoms with van der Waals surface area (Å²) in [5.41, 5.74) is 2.54. The highest BCUT2D eigenvalue weighted by molar-refractivity contribution is 5.81. The van der Waals surface area contributed by atoms with Crippen molar-refractivity contribution in [3.05, 3.63) is 47.0 Å². The summed E-state index contributed by atoms with van der Waals surface area (Å²) in [6.07, 6.45) is 4.21. The van der Waals surface area contributed by atoms with Crippen LogP contribution in [-0.2, 0) is 30.7 Å². The zero-order valence-electron chi connectivity index (χ0n) is 15.1. The van der Waals surface area contributed by atoms with Gasteiger partial charge in [-0.15, -0.1) is 10.2 Å². The normalized spacial score (nSPS) is 14.8. The number of carbonyl (C=O) groups is 1. The van der Waals surface area contributed by atoms with Gasteiger partial charge in [0.25, 0.3) is 0 Å². The van der Waals surface area contributed by atoms with Crippen LogP contribution in [0.1, 0.15) is 42.5 Å². The summed E-state index contributed by atoms with van der Waals surface area (Å²) in [7, 11) is 0. The number of rotatable bonds is 7. The first-order chi connectivity index (χ1) is 12.1. The molecule has 2 aromatic rings. The van der Waals surface area contributed by atoms with E-state index in [2.05, 4.69) is 44.5 Å². The molecule has 0 radical (unpaired) electrons. The highest BCUT2D eigenvalue weighted by atomic mass is 16.2. The molecule has 1 aliphatic rings. The zero-order valence-corrected chi connectivity index (χ0v) is 15.1. The van der Waals surface area contributed by atoms with Gasteiger partial charge in [0, 0.05) is 19.5 Å². The smallest absolute Gasteiger partial charge is 0.236 e. The van der Waals surface area contributed by atoms with Crippen LogP contribution < -0.4 is 10.6 Å². The predicted molar refractivity (Wildman–Crippen MR) is 97.2 cm³/mol. The summed E-state index contributed by atoms with van der Waals surface area (Å²) in [5.74, 6) is 2.01. The Morgan fingerprint density at radius 1 is 1.28 bits per heavy atom. The molecule has 1 aliphatic heterocycles. The molecule has 3 rings (SSSR count). The van der Waals surface area contributed by atoms with Gasteiger partial charge in [-0.2, -0.15) is 0 Å². The Kier molecular flexibility index (Phi) is 5.81. The fourth-order valence-corrected chi connectivity index (χ4v) is 3.20. The van der Waals surface area contributed by atoms with E-state index >= 15 is 0 Å². The Morgan fingerprint density at radius 3 is 2.96 bits per heavy atom. The molecule has 6 heteroatoms. The zero-order chi connectivity index (χ0) is 17.6. The van der Waals surface area contributed by atoms with E-state index in [0.29, 0.717) is 13.1 Å². The van der Waals surface area contributed by atoms with Gasteiger partial charge < -0.3 is 9.88 Å². The number of amides is 1. The molecule has 134 valence electrons. The third-order valence-electron chi connectivity index (χ3n) is 4.85. The summed E-state index contributed by atoms with van der Waals surface area (Å²) >= 11 is 0. The van der Waals surface area contributed by atoms with Crippen LogP contribution in [0.15, 0.2) is 24.3 Å². The van der Waals surface area contributed by atoms with Crippen molar-refractivity contribution >= 4 is 5.91 Å². The predicted octanol–water partition coefficient (Wildman–Crippen LogP) is 1.76. The van der Waals surface area contributed by atoms with Gasteiger partial charge in [0.2, 0.25) is 5.91 Å². The molecule has 0 spiro atoms. The molecule has 1 amide bonds. The molecule has 6 nitrogen and oxygen atoms in total. The van der Waals surface area contributed by atoms with Gasteiger partial charge >= 0.3 is 0 Å². The maximum atomic E-state index is 12.2. The monoisotopic (exact) mass is 341 g/mol. The average Bonchev–Trinajstić information content (AvgIpc) is 3.04. The van der Waals surface area contributed by atoms with Gasteiger partial charge in [-0.25, -0.2) is 0 Å². The lowest BCUT2D eigenvalue weighted by Gasteiger charge is -2.17. The first kappa shape index (κ1) is 17.6. The number of fused-ring (bicyclic) bond motifs is 1. The molecule has 0 aliphatic carbocycles. The van der Waals surface area contributed by atoms with Crippen molar-refractivity contribution in [2.75, 3.05) is 6.54 Å². The number of carbonyl (C=O) groups excluding carboxylic acids is 1. The van der Waals surface area contributed by atoms with Crippen LogP contribution in [0, 0.1) is 6.92 Å². The number of hydrogen-bond donors (Lipinski definition) is 2. The van der Waals surface area contributed by atoms with E-state index in [1.54, 1.807) is 0 Å². The van der Waals surface area contributed by atoms with Gasteiger partial charge in [-0.3, -0.25) is 10.1 Å². The van der Waals surface area contributed by atoms with Crippen LogP contribution in [0.2, 0.25) is 0 Å². The molecule has 0 saturated carbocycles. The van der Waals surface area contributed by atoms with Crippen molar-refractivity contribution < 1.29 is 4.79 Å². The fourth-order valence-electron chi connectivity index (χ4n) is 3.20. The van der Waals surface area contributed by atoms with E-state index in [0.717, 1.165) is 31.0 Å². The second-order valence-electron chi connectivity index (χ2n) is 6.71. The summed E-state index contributed by atoms with van der Waals surface area (Å²) in [4.78, 5) is 12.2. The largest absolute Gasteiger partial charge is 0.354 e. The van der Waals surface area contributed by atoms with Crippen molar-refractivity contribution in [3.8, 4) is 0 Å². The maximum Gasteiger partial charge on any atom is 0.236 e. The molecular weight excluding hydrogens is 314 g/mol. The average molecular weight is 341 g/mol. The molecule has 25 heavy (non-hydrogen) atoms. The van der Waals surface area contributed by atoms with Crippen LogP contribution in [0.5, 0.6) is 0 Å². The highest BCUT2D eigenvalue weighted by Gasteiger charge is 2.17. The lowest BCUT2D eigenvalue weighted by Crippen LogP contribution is -2.42. The van der Waals surface area contributed by atoms with Crippen LogP contribution in [0.3, 0.4) is 0 Å². The minimum absolute atomic E-state index is 0.0203. The van der Waals surface area contributed by atoms with Crippen LogP contribution in [0.25, 0.3) is 0 Å². The number of hydrogen-bond acceptors (Lipinski definition) is 4. The topological polar surface area (TPSA) is 71.8 Å². The van der Waals surface area contributed by atoms with E-state index in [-0.39, 0.29) is 11.9 Å². The van der Waals surface area contributed by atoms with Gasteiger partial charge in [0.05, 0.1) is 12.6 Å². The quantitative estimate of drug-likeness (QED) is 0.805. The van der Waals surface area contributed by atoms with E-state index < -0.39 is 0 Å². The van der Waals surface area contributed by atoms with E-state index in [4.69, 9.17) is 0 Å². The lowest BCUT2D eigenvalue weighted by atomic mass is 10.1. The third-order valence-corrected chi connectivity index (χ3v) is 4.85. The molecule has 0 fully saturated rings. The Labute approximate surface area is 149 Å². The van der Waals surface area contributed by atoms with E-state index in [1.165, 1.54) is 24.0 Å². The Balaban J connectivity index is 1.43. The molecule has 0 bridgehead atoms. The first-order valence-electron chi connectivity index (χ1n) is 9.11. The van der Waals surface area contributed by atoms with Gasteiger partial charge in [0.15, 0.2) is 0 Å². The molecule has 1 unspecified atom stereocenters. The van der Waals surface area contributed by atoms with Crippen molar-refractivity contribution in [2.45, 2.75) is 58.7 Å². The SMILES string of the molecule is Cc1ccccc1CCNC(=O)C(C)NCc1nnc2n1CCCC2. The number of aromatic nitrogens is 3. The number of nitrogens with one attached hydrogen (secondary N) is 2. The minimum atomic E-state index is -0.256. The number of aryl methyl sites for hydroxylation is 2. The van der Waals surface area contributed by atoms with Gasteiger partial charge in [-0.1, -0.05) is 24.3 Å². The molecule has 2 heterocycles. The number of benzene rings is 1. The van der Waals surface area contributed by atoms with Crippen molar-refractivity contribution in [1.29, 1.82) is 0 Å². The van der Waals surface area contributed by atoms with Gasteiger partial charge in [-0.05, 0) is 44.2 Å². The Bertz CT molecular complexity index is 724. The highest BCUT2D eigenvalue weighted by Crippen LogP contribution is 2.14. The van der Waals surface area contributed by atoms with E-state index in [1.807, 2.05) is 19.1 Å². The summed E-state index contributed by atoms with van der Waals surface area (Å²) < 4.78 is 2.18. The van der Waals surface area contributed by atoms with Crippen LogP contribution in [-0.4, -0.2) is 33.3 Å². The van der Waals surface area contributed by atoms with Gasteiger partial charge in [0.1, 0.15) is 11.6 Å². The Morgan fingerprint density at radius 2 is 2.12 bits per heavy atom. The minimum Gasteiger partial charge on any atom is -0.354 e. The Hall–Kier alpha value is -2.21. The van der Waals surface area contributed by atoms with Crippen LogP contribution >= 0.6 is 0 Å². The third kappa shape index (κ3) is 4.45. The first-order valence-corrected chi connectivity index (χ1v) is 9.11. The second-order valence-corrected chi connectivity index (χ2v) is 6.71. The summed E-state index contributed by atoms with van der Waals surface area (Å²) in [6, 6.07) is 8.02. The molecular formula is C19H27N5O. The second kappa shape index (κ2) is 8.25. The molecule has 1 atom stereocenters. The summed E-state index contributed by atoms with van der Waals surface area (Å²) in [5, 5.41) is 14.8. The molecule has 2 N–H and O–H groups in total.